The summed E-state index contributed by atoms with van der Waals surface area (Å²) < 4.78 is 5.66. The van der Waals surface area contributed by atoms with Gasteiger partial charge < -0.3 is 9.64 Å². The summed E-state index contributed by atoms with van der Waals surface area (Å²) in [4.78, 5) is 39.6. The van der Waals surface area contributed by atoms with E-state index in [1.165, 1.54) is 6.20 Å². The summed E-state index contributed by atoms with van der Waals surface area (Å²) in [6, 6.07) is 13.0. The zero-order chi connectivity index (χ0) is 19.2. The Morgan fingerprint density at radius 3 is 2.74 bits per heavy atom. The minimum Gasteiger partial charge on any atom is -0.484 e. The van der Waals surface area contributed by atoms with Crippen LogP contribution in [0.2, 0.25) is 0 Å². The highest BCUT2D eigenvalue weighted by atomic mass is 32.2. The molecule has 1 unspecified atom stereocenters. The van der Waals surface area contributed by atoms with Gasteiger partial charge in [0.15, 0.2) is 12.0 Å². The summed E-state index contributed by atoms with van der Waals surface area (Å²) in [5.74, 6) is 1.03. The number of likely N-dealkylation sites (N-methyl/N-ethyl adjacent to an activating group) is 1. The van der Waals surface area contributed by atoms with Gasteiger partial charge in [-0.25, -0.2) is 4.98 Å². The number of thioether (sulfide) groups is 1. The van der Waals surface area contributed by atoms with Crippen molar-refractivity contribution < 1.29 is 19.1 Å². The maximum absolute atomic E-state index is 11.6. The summed E-state index contributed by atoms with van der Waals surface area (Å²) in [6.07, 6.45) is 2.70. The lowest BCUT2D eigenvalue weighted by molar-refractivity contribution is -0.118. The topological polar surface area (TPSA) is 88.6 Å². The fourth-order valence-corrected chi connectivity index (χ4v) is 3.28. The number of carbonyl (C=O) groups excluding carboxylic acids is 3. The molecule has 0 spiro atoms. The molecule has 8 heteroatoms. The zero-order valence-corrected chi connectivity index (χ0v) is 15.4. The molecule has 2 amide bonds. The molecule has 0 radical (unpaired) electrons. The molecule has 1 aromatic heterocycles. The molecule has 138 valence electrons. The second-order valence-corrected chi connectivity index (χ2v) is 7.07. The van der Waals surface area contributed by atoms with Gasteiger partial charge in [-0.3, -0.25) is 19.7 Å². The lowest BCUT2D eigenvalue weighted by Crippen LogP contribution is -2.25. The Bertz CT molecular complexity index is 824. The highest BCUT2D eigenvalue weighted by molar-refractivity contribution is 8.15. The molecule has 1 aromatic carbocycles. The van der Waals surface area contributed by atoms with Crippen LogP contribution in [0.4, 0.5) is 10.6 Å². The molecule has 1 saturated heterocycles. The van der Waals surface area contributed by atoms with Crippen LogP contribution >= 0.6 is 11.8 Å². The van der Waals surface area contributed by atoms with Crippen molar-refractivity contribution in [2.75, 3.05) is 25.1 Å². The van der Waals surface area contributed by atoms with Crippen LogP contribution in [0.5, 0.6) is 5.75 Å². The van der Waals surface area contributed by atoms with Gasteiger partial charge in [-0.05, 0) is 30.3 Å². The standard InChI is InChI=1S/C19H17N3O4S/c1-22(17-7-4-14(12-23)11-20-17)8-9-26-15-5-2-13(3-6-15)10-16-18(24)21-19(25)27-16/h2,4-5,7,11-12,16H,8-10H2,1H3,(H,21,24,25). The van der Waals surface area contributed by atoms with Crippen molar-refractivity contribution >= 4 is 35.0 Å². The van der Waals surface area contributed by atoms with Crippen LogP contribution in [0.3, 0.4) is 0 Å². The Labute approximate surface area is 161 Å². The molecule has 0 saturated carbocycles. The van der Waals surface area contributed by atoms with Crippen LogP contribution in [-0.4, -0.2) is 47.9 Å². The van der Waals surface area contributed by atoms with Crippen molar-refractivity contribution in [3.8, 4) is 5.75 Å². The van der Waals surface area contributed by atoms with E-state index in [0.717, 1.165) is 29.4 Å². The lowest BCUT2D eigenvalue weighted by atomic mass is 10.1. The predicted octanol–water partition coefficient (Wildman–Crippen LogP) is 1.90. The number of ether oxygens (including phenoxy) is 1. The quantitative estimate of drug-likeness (QED) is 0.697. The van der Waals surface area contributed by atoms with Crippen molar-refractivity contribution in [2.45, 2.75) is 11.7 Å². The van der Waals surface area contributed by atoms with E-state index in [1.807, 2.05) is 18.0 Å². The Hall–Kier alpha value is -3.05. The molecule has 1 atom stereocenters. The molecule has 0 aliphatic carbocycles. The van der Waals surface area contributed by atoms with Crippen molar-refractivity contribution in [2.24, 2.45) is 0 Å². The fraction of sp³-hybridized carbons (Fsp3) is 0.263. The second kappa shape index (κ2) is 8.56. The predicted molar refractivity (Wildman–Crippen MR) is 101 cm³/mol. The summed E-state index contributed by atoms with van der Waals surface area (Å²) in [5, 5.41) is 1.54. The number of nitrogens with zero attached hydrogens (tertiary/aromatic N) is 2. The largest absolute Gasteiger partial charge is 0.484 e. The van der Waals surface area contributed by atoms with Gasteiger partial charge in [0.1, 0.15) is 12.4 Å². The van der Waals surface area contributed by atoms with Crippen molar-refractivity contribution in [1.29, 1.82) is 0 Å². The molecular formula is C19H17N3O4S. The Morgan fingerprint density at radius 2 is 2.15 bits per heavy atom. The summed E-state index contributed by atoms with van der Waals surface area (Å²) in [6.45, 7) is 1.02. The maximum Gasteiger partial charge on any atom is 0.286 e. The van der Waals surface area contributed by atoms with E-state index in [1.54, 1.807) is 18.2 Å². The van der Waals surface area contributed by atoms with E-state index in [0.29, 0.717) is 30.9 Å². The lowest BCUT2D eigenvalue weighted by Gasteiger charge is -2.18. The average Bonchev–Trinajstić information content (AvgIpc) is 3.00. The number of hydrogen-bond acceptors (Lipinski definition) is 7. The van der Waals surface area contributed by atoms with Gasteiger partial charge in [0.05, 0.1) is 11.8 Å². The molecule has 2 heterocycles. The molecule has 1 fully saturated rings. The van der Waals surface area contributed by atoms with E-state index in [-0.39, 0.29) is 11.1 Å². The van der Waals surface area contributed by atoms with Gasteiger partial charge in [-0.2, -0.15) is 0 Å². The molecule has 0 bridgehead atoms. The summed E-state index contributed by atoms with van der Waals surface area (Å²) >= 11 is 0.994. The average molecular weight is 383 g/mol. The van der Waals surface area contributed by atoms with E-state index in [9.17, 15) is 14.4 Å². The highest BCUT2D eigenvalue weighted by Gasteiger charge is 2.31. The maximum atomic E-state index is 11.6. The van der Waals surface area contributed by atoms with Crippen LogP contribution in [0, 0.1) is 12.1 Å². The van der Waals surface area contributed by atoms with Gasteiger partial charge in [-0.1, -0.05) is 17.8 Å². The normalized spacial score (nSPS) is 15.8. The first-order valence-electron chi connectivity index (χ1n) is 8.24. The van der Waals surface area contributed by atoms with E-state index in [2.05, 4.69) is 22.4 Å². The number of carbonyl (C=O) groups is 3. The third-order valence-corrected chi connectivity index (χ3v) is 4.92. The fourth-order valence-electron chi connectivity index (χ4n) is 2.43. The number of amides is 2. The Balaban J connectivity index is 1.46. The smallest absolute Gasteiger partial charge is 0.286 e. The number of hydrogen-bond donors (Lipinski definition) is 1. The minimum absolute atomic E-state index is 0.267. The van der Waals surface area contributed by atoms with E-state index in [4.69, 9.17) is 4.74 Å². The molecule has 3 rings (SSSR count). The zero-order valence-electron chi connectivity index (χ0n) is 14.6. The molecule has 1 aliphatic rings. The second-order valence-electron chi connectivity index (χ2n) is 5.90. The monoisotopic (exact) mass is 383 g/mol. The third kappa shape index (κ3) is 4.99. The Kier molecular flexibility index (Phi) is 5.94. The minimum atomic E-state index is -0.416. The van der Waals surface area contributed by atoms with E-state index >= 15 is 0 Å². The SMILES string of the molecule is CN(CCOc1c#cc(CC2SC(=O)NC2=O)cc1)c1ccc(C=O)cn1. The molecule has 7 nitrogen and oxygen atoms in total. The van der Waals surface area contributed by atoms with Gasteiger partial charge in [0.2, 0.25) is 5.91 Å². The first-order chi connectivity index (χ1) is 13.0. The molecular weight excluding hydrogens is 366 g/mol. The Morgan fingerprint density at radius 1 is 1.30 bits per heavy atom. The molecule has 1 aliphatic heterocycles. The van der Waals surface area contributed by atoms with Crippen LogP contribution in [-0.2, 0) is 11.2 Å². The first kappa shape index (κ1) is 18.7. The van der Waals surface area contributed by atoms with Crippen molar-refractivity contribution in [1.82, 2.24) is 10.3 Å². The number of imide groups is 1. The van der Waals surface area contributed by atoms with Crippen LogP contribution in [0.25, 0.3) is 0 Å². The van der Waals surface area contributed by atoms with Crippen molar-refractivity contribution in [3.05, 3.63) is 53.7 Å². The number of aldehydes is 1. The van der Waals surface area contributed by atoms with Gasteiger partial charge in [-0.15, -0.1) is 0 Å². The van der Waals surface area contributed by atoms with Crippen LogP contribution < -0.4 is 15.0 Å². The van der Waals surface area contributed by atoms with Gasteiger partial charge in [0, 0.05) is 30.8 Å². The number of anilines is 1. The number of nitrogens with one attached hydrogen (secondary N) is 1. The molecule has 2 aromatic rings. The van der Waals surface area contributed by atoms with Gasteiger partial charge in [0.25, 0.3) is 5.24 Å². The van der Waals surface area contributed by atoms with Crippen LogP contribution in [0.1, 0.15) is 15.9 Å². The number of pyridine rings is 1. The van der Waals surface area contributed by atoms with E-state index < -0.39 is 5.25 Å². The third-order valence-electron chi connectivity index (χ3n) is 3.94. The van der Waals surface area contributed by atoms with Crippen molar-refractivity contribution in [3.63, 3.8) is 0 Å². The number of aromatic nitrogens is 1. The molecule has 1 N–H and O–H groups in total. The summed E-state index contributed by atoms with van der Waals surface area (Å²) in [5.41, 5.74) is 1.33. The summed E-state index contributed by atoms with van der Waals surface area (Å²) in [7, 11) is 1.89. The molecule has 27 heavy (non-hydrogen) atoms. The highest BCUT2D eigenvalue weighted by Crippen LogP contribution is 2.22. The number of rotatable bonds is 8. The van der Waals surface area contributed by atoms with Crippen LogP contribution in [0.15, 0.2) is 30.5 Å². The first-order valence-corrected chi connectivity index (χ1v) is 9.12. The van der Waals surface area contributed by atoms with Gasteiger partial charge >= 0.3 is 0 Å².